The number of para-hydroxylation sites is 1. The molecule has 0 aliphatic heterocycles. The van der Waals surface area contributed by atoms with Gasteiger partial charge < -0.3 is 4.74 Å². The second-order valence-electron chi connectivity index (χ2n) is 15.6. The van der Waals surface area contributed by atoms with Crippen LogP contribution in [0.4, 0.5) is 0 Å². The molecule has 1 nitrogen and oxygen atoms in total. The Morgan fingerprint density at radius 2 is 0.672 bits per heavy atom. The standard InChI is InChI=1S/C60H40O/c1-4-19-42(20-5-1)56-39-49(40-57(58(56)43-21-6-2-7-22-43)46-25-17-29-51(38-46)61-50-27-8-3-9-28-50)45-24-16-26-47(37-45)59-52-30-12-14-32-54(52)60(55-33-15-13-31-53(55)59)48-35-34-41-18-10-11-23-44(41)36-48/h1-40H. The summed E-state index contributed by atoms with van der Waals surface area (Å²) in [6.07, 6.45) is 0. The first-order valence-electron chi connectivity index (χ1n) is 20.9. The van der Waals surface area contributed by atoms with Crippen molar-refractivity contribution in [3.8, 4) is 78.3 Å². The molecule has 11 aromatic rings. The van der Waals surface area contributed by atoms with Gasteiger partial charge in [0.05, 0.1) is 0 Å². The Morgan fingerprint density at radius 3 is 1.33 bits per heavy atom. The van der Waals surface area contributed by atoms with Crippen molar-refractivity contribution in [2.75, 3.05) is 0 Å². The highest BCUT2D eigenvalue weighted by Gasteiger charge is 2.20. The van der Waals surface area contributed by atoms with Crippen LogP contribution in [0.15, 0.2) is 243 Å². The molecule has 0 radical (unpaired) electrons. The van der Waals surface area contributed by atoms with Gasteiger partial charge in [-0.25, -0.2) is 0 Å². The molecule has 0 spiro atoms. The van der Waals surface area contributed by atoms with Gasteiger partial charge in [0.15, 0.2) is 0 Å². The number of benzene rings is 11. The minimum atomic E-state index is 0.794. The summed E-state index contributed by atoms with van der Waals surface area (Å²) in [5.41, 5.74) is 14.1. The summed E-state index contributed by atoms with van der Waals surface area (Å²) in [5, 5.41) is 7.46. The zero-order valence-corrected chi connectivity index (χ0v) is 33.5. The highest BCUT2D eigenvalue weighted by Crippen LogP contribution is 2.47. The molecule has 0 atom stereocenters. The highest BCUT2D eigenvalue weighted by atomic mass is 16.5. The molecule has 11 aromatic carbocycles. The third-order valence-corrected chi connectivity index (χ3v) is 11.9. The van der Waals surface area contributed by atoms with E-state index in [1.165, 1.54) is 71.3 Å². The van der Waals surface area contributed by atoms with Gasteiger partial charge in [-0.1, -0.05) is 194 Å². The average molecular weight is 777 g/mol. The highest BCUT2D eigenvalue weighted by molar-refractivity contribution is 6.22. The molecule has 1 heteroatoms. The van der Waals surface area contributed by atoms with E-state index in [0.717, 1.165) is 39.3 Å². The van der Waals surface area contributed by atoms with Crippen LogP contribution in [-0.2, 0) is 0 Å². The van der Waals surface area contributed by atoms with E-state index >= 15 is 0 Å². The van der Waals surface area contributed by atoms with Crippen LogP contribution in [0.25, 0.3) is 99.1 Å². The molecule has 0 saturated carbocycles. The number of ether oxygens (including phenoxy) is 1. The van der Waals surface area contributed by atoms with E-state index < -0.39 is 0 Å². The molecule has 0 unspecified atom stereocenters. The summed E-state index contributed by atoms with van der Waals surface area (Å²) in [5.74, 6) is 1.60. The Morgan fingerprint density at radius 1 is 0.213 bits per heavy atom. The fourth-order valence-electron chi connectivity index (χ4n) is 9.10. The largest absolute Gasteiger partial charge is 0.457 e. The van der Waals surface area contributed by atoms with Crippen molar-refractivity contribution in [2.45, 2.75) is 0 Å². The van der Waals surface area contributed by atoms with Crippen molar-refractivity contribution in [1.29, 1.82) is 0 Å². The van der Waals surface area contributed by atoms with Gasteiger partial charge in [-0.05, 0) is 148 Å². The van der Waals surface area contributed by atoms with E-state index in [1.807, 2.05) is 36.4 Å². The van der Waals surface area contributed by atoms with Crippen LogP contribution < -0.4 is 4.74 Å². The molecule has 0 fully saturated rings. The molecule has 61 heavy (non-hydrogen) atoms. The van der Waals surface area contributed by atoms with Crippen molar-refractivity contribution in [3.05, 3.63) is 243 Å². The second kappa shape index (κ2) is 15.6. The predicted octanol–water partition coefficient (Wildman–Crippen LogP) is 16.9. The Bertz CT molecular complexity index is 3310. The van der Waals surface area contributed by atoms with Gasteiger partial charge in [-0.15, -0.1) is 0 Å². The molecule has 0 bridgehead atoms. The van der Waals surface area contributed by atoms with Gasteiger partial charge in [0.2, 0.25) is 0 Å². The summed E-state index contributed by atoms with van der Waals surface area (Å²) in [4.78, 5) is 0. The molecule has 0 aliphatic carbocycles. The van der Waals surface area contributed by atoms with Gasteiger partial charge in [0.25, 0.3) is 0 Å². The van der Waals surface area contributed by atoms with Crippen LogP contribution >= 0.6 is 0 Å². The molecule has 0 aliphatic rings. The quantitative estimate of drug-likeness (QED) is 0.140. The molecule has 0 amide bonds. The fourth-order valence-corrected chi connectivity index (χ4v) is 9.10. The van der Waals surface area contributed by atoms with Gasteiger partial charge in [-0.2, -0.15) is 0 Å². The molecule has 0 saturated heterocycles. The first-order valence-corrected chi connectivity index (χ1v) is 20.9. The van der Waals surface area contributed by atoms with Gasteiger partial charge in [-0.3, -0.25) is 0 Å². The lowest BCUT2D eigenvalue weighted by Crippen LogP contribution is -1.94. The van der Waals surface area contributed by atoms with Crippen LogP contribution in [0, 0.1) is 0 Å². The summed E-state index contributed by atoms with van der Waals surface area (Å²) in [6, 6.07) is 87.2. The fraction of sp³-hybridized carbons (Fsp3) is 0. The lowest BCUT2D eigenvalue weighted by atomic mass is 9.83. The Labute approximate surface area is 356 Å². The van der Waals surface area contributed by atoms with Crippen molar-refractivity contribution in [1.82, 2.24) is 0 Å². The van der Waals surface area contributed by atoms with Crippen molar-refractivity contribution in [2.24, 2.45) is 0 Å². The van der Waals surface area contributed by atoms with Crippen molar-refractivity contribution < 1.29 is 4.74 Å². The molecule has 0 N–H and O–H groups in total. The van der Waals surface area contributed by atoms with Gasteiger partial charge in [0.1, 0.15) is 11.5 Å². The van der Waals surface area contributed by atoms with E-state index in [2.05, 4.69) is 206 Å². The number of rotatable bonds is 8. The summed E-state index contributed by atoms with van der Waals surface area (Å²) < 4.78 is 6.41. The average Bonchev–Trinajstić information content (AvgIpc) is 3.33. The first kappa shape index (κ1) is 36.1. The summed E-state index contributed by atoms with van der Waals surface area (Å²) in [6.45, 7) is 0. The predicted molar refractivity (Wildman–Crippen MR) is 258 cm³/mol. The summed E-state index contributed by atoms with van der Waals surface area (Å²) >= 11 is 0. The lowest BCUT2D eigenvalue weighted by molar-refractivity contribution is 0.483. The smallest absolute Gasteiger partial charge is 0.128 e. The SMILES string of the molecule is c1ccc(Oc2cccc(-c3cc(-c4cccc(-c5c6ccccc6c(-c6ccc7ccccc7c6)c6ccccc56)c4)cc(-c4ccccc4)c3-c3ccccc3)c2)cc1. The normalized spacial score (nSPS) is 11.3. The number of fused-ring (bicyclic) bond motifs is 3. The summed E-state index contributed by atoms with van der Waals surface area (Å²) in [7, 11) is 0. The van der Waals surface area contributed by atoms with Crippen LogP contribution in [0.3, 0.4) is 0 Å². The van der Waals surface area contributed by atoms with E-state index in [1.54, 1.807) is 0 Å². The molecular weight excluding hydrogens is 737 g/mol. The Kier molecular flexibility index (Phi) is 9.26. The van der Waals surface area contributed by atoms with Crippen LogP contribution in [0.1, 0.15) is 0 Å². The number of hydrogen-bond acceptors (Lipinski definition) is 1. The van der Waals surface area contributed by atoms with E-state index in [4.69, 9.17) is 4.74 Å². The van der Waals surface area contributed by atoms with E-state index in [9.17, 15) is 0 Å². The minimum absolute atomic E-state index is 0.794. The molecule has 0 heterocycles. The van der Waals surface area contributed by atoms with E-state index in [-0.39, 0.29) is 0 Å². The second-order valence-corrected chi connectivity index (χ2v) is 15.6. The minimum Gasteiger partial charge on any atom is -0.457 e. The molecular formula is C60H40O. The monoisotopic (exact) mass is 776 g/mol. The topological polar surface area (TPSA) is 9.23 Å². The maximum absolute atomic E-state index is 6.41. The third kappa shape index (κ3) is 6.83. The third-order valence-electron chi connectivity index (χ3n) is 11.9. The Hall–Kier alpha value is -8.00. The lowest BCUT2D eigenvalue weighted by Gasteiger charge is -2.20. The molecule has 286 valence electrons. The maximum atomic E-state index is 6.41. The Balaban J connectivity index is 1.13. The van der Waals surface area contributed by atoms with E-state index in [0.29, 0.717) is 0 Å². The number of hydrogen-bond donors (Lipinski definition) is 0. The first-order chi connectivity index (χ1) is 30.2. The zero-order valence-electron chi connectivity index (χ0n) is 33.5. The molecule has 11 rings (SSSR count). The van der Waals surface area contributed by atoms with Crippen molar-refractivity contribution >= 4 is 32.3 Å². The van der Waals surface area contributed by atoms with Crippen LogP contribution in [-0.4, -0.2) is 0 Å². The van der Waals surface area contributed by atoms with Gasteiger partial charge in [0, 0.05) is 0 Å². The van der Waals surface area contributed by atoms with Crippen LogP contribution in [0.5, 0.6) is 11.5 Å². The van der Waals surface area contributed by atoms with Crippen LogP contribution in [0.2, 0.25) is 0 Å². The molecule has 0 aromatic heterocycles. The maximum Gasteiger partial charge on any atom is 0.128 e. The zero-order chi connectivity index (χ0) is 40.5. The van der Waals surface area contributed by atoms with Crippen molar-refractivity contribution in [3.63, 3.8) is 0 Å². The van der Waals surface area contributed by atoms with Gasteiger partial charge >= 0.3 is 0 Å².